The Morgan fingerprint density at radius 2 is 1.56 bits per heavy atom. The van der Waals surface area contributed by atoms with E-state index in [0.717, 1.165) is 24.6 Å². The van der Waals surface area contributed by atoms with E-state index >= 15 is 0 Å². The summed E-state index contributed by atoms with van der Waals surface area (Å²) in [5, 5.41) is 2.73. The molecule has 2 aromatic carbocycles. The average Bonchev–Trinajstić information content (AvgIpc) is 3.20. The summed E-state index contributed by atoms with van der Waals surface area (Å²) < 4.78 is 5.31. The van der Waals surface area contributed by atoms with Gasteiger partial charge in [0.15, 0.2) is 0 Å². The predicted octanol–water partition coefficient (Wildman–Crippen LogP) is 5.16. The Morgan fingerprint density at radius 3 is 2.06 bits per heavy atom. The maximum atomic E-state index is 12.3. The van der Waals surface area contributed by atoms with Crippen LogP contribution < -0.4 is 5.32 Å². The number of nitrogens with zero attached hydrogens (tertiary/aromatic N) is 1. The normalized spacial score (nSPS) is 17.4. The third kappa shape index (κ3) is 7.98. The number of esters is 1. The molecular formula is C29H40N2O3. The van der Waals surface area contributed by atoms with Crippen molar-refractivity contribution >= 4 is 11.9 Å². The monoisotopic (exact) mass is 464 g/mol. The van der Waals surface area contributed by atoms with Crippen molar-refractivity contribution in [3.8, 4) is 11.1 Å². The summed E-state index contributed by atoms with van der Waals surface area (Å²) in [6.45, 7) is 11.8. The molecule has 0 aliphatic carbocycles. The molecule has 3 rings (SSSR count). The van der Waals surface area contributed by atoms with Crippen molar-refractivity contribution < 1.29 is 14.3 Å². The van der Waals surface area contributed by atoms with Crippen LogP contribution in [0.4, 0.5) is 0 Å². The highest BCUT2D eigenvalue weighted by Gasteiger charge is 2.23. The van der Waals surface area contributed by atoms with Gasteiger partial charge >= 0.3 is 5.97 Å². The summed E-state index contributed by atoms with van der Waals surface area (Å²) in [6.07, 6.45) is 4.70. The van der Waals surface area contributed by atoms with Crippen molar-refractivity contribution in [2.45, 2.75) is 84.4 Å². The number of nitrogens with one attached hydrogen (secondary N) is 1. The lowest BCUT2D eigenvalue weighted by molar-refractivity contribution is -0.158. The molecule has 0 bridgehead atoms. The van der Waals surface area contributed by atoms with Crippen molar-refractivity contribution in [1.29, 1.82) is 0 Å². The zero-order valence-electron chi connectivity index (χ0n) is 21.4. The summed E-state index contributed by atoms with van der Waals surface area (Å²) in [6, 6.07) is 17.3. The molecule has 184 valence electrons. The van der Waals surface area contributed by atoms with E-state index in [1.165, 1.54) is 36.1 Å². The standard InChI is InChI=1S/C29H40N2O3/c1-21-7-6-19-31(21)20-18-24-10-15-26(16-11-24)25-13-8-23(9-14-25)12-17-27(32)30-22(2)28(33)34-29(3,4)5/h8-11,13-16,21-22H,6-7,12,17-20H2,1-5H3,(H,30,32). The number of carbonyl (C=O) groups excluding carboxylic acids is 2. The number of ether oxygens (including phenoxy) is 1. The second-order valence-corrected chi connectivity index (χ2v) is 10.5. The number of aryl methyl sites for hydroxylation is 1. The molecule has 0 radical (unpaired) electrons. The van der Waals surface area contributed by atoms with Crippen molar-refractivity contribution in [1.82, 2.24) is 10.2 Å². The van der Waals surface area contributed by atoms with Crippen LogP contribution in [-0.2, 0) is 27.2 Å². The summed E-state index contributed by atoms with van der Waals surface area (Å²) in [5.74, 6) is -0.567. The van der Waals surface area contributed by atoms with Crippen LogP contribution >= 0.6 is 0 Å². The van der Waals surface area contributed by atoms with E-state index in [1.807, 2.05) is 20.8 Å². The minimum absolute atomic E-state index is 0.152. The zero-order valence-corrected chi connectivity index (χ0v) is 21.4. The molecule has 0 spiro atoms. The van der Waals surface area contributed by atoms with E-state index in [1.54, 1.807) is 6.92 Å². The van der Waals surface area contributed by atoms with Gasteiger partial charge in [-0.1, -0.05) is 48.5 Å². The molecule has 34 heavy (non-hydrogen) atoms. The molecule has 1 saturated heterocycles. The molecule has 2 aromatic rings. The molecule has 5 heteroatoms. The van der Waals surface area contributed by atoms with Gasteiger partial charge < -0.3 is 15.0 Å². The van der Waals surface area contributed by atoms with E-state index in [-0.39, 0.29) is 5.91 Å². The van der Waals surface area contributed by atoms with Crippen LogP contribution in [0, 0.1) is 0 Å². The van der Waals surface area contributed by atoms with Gasteiger partial charge in [-0.2, -0.15) is 0 Å². The highest BCUT2D eigenvalue weighted by atomic mass is 16.6. The molecule has 1 fully saturated rings. The maximum absolute atomic E-state index is 12.3. The van der Waals surface area contributed by atoms with E-state index in [0.29, 0.717) is 12.8 Å². The van der Waals surface area contributed by atoms with E-state index in [4.69, 9.17) is 4.74 Å². The number of hydrogen-bond acceptors (Lipinski definition) is 4. The third-order valence-corrected chi connectivity index (χ3v) is 6.40. The molecule has 1 amide bonds. The molecule has 2 unspecified atom stereocenters. The molecule has 2 atom stereocenters. The minimum atomic E-state index is -0.657. The third-order valence-electron chi connectivity index (χ3n) is 6.40. The smallest absolute Gasteiger partial charge is 0.328 e. The second kappa shape index (κ2) is 11.7. The summed E-state index contributed by atoms with van der Waals surface area (Å²) in [4.78, 5) is 26.9. The van der Waals surface area contributed by atoms with Crippen molar-refractivity contribution in [2.24, 2.45) is 0 Å². The van der Waals surface area contributed by atoms with E-state index < -0.39 is 17.6 Å². The fraction of sp³-hybridized carbons (Fsp3) is 0.517. The van der Waals surface area contributed by atoms with Crippen LogP contribution in [0.25, 0.3) is 11.1 Å². The van der Waals surface area contributed by atoms with Gasteiger partial charge in [0, 0.05) is 19.0 Å². The number of carbonyl (C=O) groups is 2. The van der Waals surface area contributed by atoms with Crippen molar-refractivity contribution in [2.75, 3.05) is 13.1 Å². The summed E-state index contributed by atoms with van der Waals surface area (Å²) in [5.41, 5.74) is 4.29. The van der Waals surface area contributed by atoms with Gasteiger partial charge in [0.1, 0.15) is 11.6 Å². The van der Waals surface area contributed by atoms with Gasteiger partial charge in [0.25, 0.3) is 0 Å². The van der Waals surface area contributed by atoms with Crippen LogP contribution in [0.15, 0.2) is 48.5 Å². The lowest BCUT2D eigenvalue weighted by atomic mass is 10.00. The Labute approximate surface area is 204 Å². The van der Waals surface area contributed by atoms with E-state index in [2.05, 4.69) is 65.7 Å². The van der Waals surface area contributed by atoms with Crippen LogP contribution in [0.5, 0.6) is 0 Å². The molecule has 1 aliphatic heterocycles. The quantitative estimate of drug-likeness (QED) is 0.521. The minimum Gasteiger partial charge on any atom is -0.458 e. The molecule has 1 heterocycles. The van der Waals surface area contributed by atoms with Gasteiger partial charge in [-0.25, -0.2) is 4.79 Å². The van der Waals surface area contributed by atoms with Gasteiger partial charge in [-0.3, -0.25) is 4.79 Å². The van der Waals surface area contributed by atoms with Gasteiger partial charge in [-0.05, 0) is 89.1 Å². The first-order valence-electron chi connectivity index (χ1n) is 12.6. The van der Waals surface area contributed by atoms with Crippen molar-refractivity contribution in [3.63, 3.8) is 0 Å². The Balaban J connectivity index is 1.45. The van der Waals surface area contributed by atoms with Gasteiger partial charge in [0.05, 0.1) is 0 Å². The molecule has 1 N–H and O–H groups in total. The summed E-state index contributed by atoms with van der Waals surface area (Å²) >= 11 is 0. The zero-order chi connectivity index (χ0) is 24.7. The number of hydrogen-bond donors (Lipinski definition) is 1. The Kier molecular flexibility index (Phi) is 8.90. The maximum Gasteiger partial charge on any atom is 0.328 e. The van der Waals surface area contributed by atoms with Crippen LogP contribution in [0.3, 0.4) is 0 Å². The van der Waals surface area contributed by atoms with Crippen LogP contribution in [0.1, 0.15) is 65.0 Å². The lowest BCUT2D eigenvalue weighted by Gasteiger charge is -2.22. The Morgan fingerprint density at radius 1 is 1.00 bits per heavy atom. The highest BCUT2D eigenvalue weighted by molar-refractivity contribution is 5.84. The number of likely N-dealkylation sites (tertiary alicyclic amines) is 1. The first-order valence-corrected chi connectivity index (χ1v) is 12.6. The van der Waals surface area contributed by atoms with Crippen molar-refractivity contribution in [3.05, 3.63) is 59.7 Å². The first kappa shape index (κ1) is 26.0. The van der Waals surface area contributed by atoms with E-state index in [9.17, 15) is 9.59 Å². The Hall–Kier alpha value is -2.66. The average molecular weight is 465 g/mol. The first-order chi connectivity index (χ1) is 16.1. The van der Waals surface area contributed by atoms with Crippen LogP contribution in [0.2, 0.25) is 0 Å². The summed E-state index contributed by atoms with van der Waals surface area (Å²) in [7, 11) is 0. The molecule has 0 saturated carbocycles. The lowest BCUT2D eigenvalue weighted by Crippen LogP contribution is -2.42. The number of benzene rings is 2. The Bertz CT molecular complexity index is 945. The molecule has 1 aliphatic rings. The van der Waals surface area contributed by atoms with Gasteiger partial charge in [0.2, 0.25) is 5.91 Å². The fourth-order valence-electron chi connectivity index (χ4n) is 4.35. The predicted molar refractivity (Wildman–Crippen MR) is 138 cm³/mol. The molecular weight excluding hydrogens is 424 g/mol. The topological polar surface area (TPSA) is 58.6 Å². The number of amides is 1. The highest BCUT2D eigenvalue weighted by Crippen LogP contribution is 2.22. The number of rotatable bonds is 9. The van der Waals surface area contributed by atoms with Crippen LogP contribution in [-0.4, -0.2) is 47.6 Å². The fourth-order valence-corrected chi connectivity index (χ4v) is 4.35. The molecule has 0 aromatic heterocycles. The second-order valence-electron chi connectivity index (χ2n) is 10.5. The largest absolute Gasteiger partial charge is 0.458 e. The SMILES string of the molecule is CC(NC(=O)CCc1ccc(-c2ccc(CCN3CCCC3C)cc2)cc1)C(=O)OC(C)(C)C. The molecule has 5 nitrogen and oxygen atoms in total. The van der Waals surface area contributed by atoms with Gasteiger partial charge in [-0.15, -0.1) is 0 Å².